The molecule has 3 aromatic rings. The lowest BCUT2D eigenvalue weighted by Gasteiger charge is -2.09. The predicted octanol–water partition coefficient (Wildman–Crippen LogP) is 3.20. The summed E-state index contributed by atoms with van der Waals surface area (Å²) in [6, 6.07) is 15.9. The molecule has 0 bridgehead atoms. The third-order valence-corrected chi connectivity index (χ3v) is 4.63. The molecule has 0 saturated heterocycles. The van der Waals surface area contributed by atoms with Gasteiger partial charge in [-0.2, -0.15) is 5.10 Å². The van der Waals surface area contributed by atoms with Crippen molar-refractivity contribution in [1.82, 2.24) is 15.1 Å². The van der Waals surface area contributed by atoms with Crippen LogP contribution in [-0.4, -0.2) is 34.0 Å². The zero-order valence-corrected chi connectivity index (χ0v) is 17.9. The number of rotatable bonds is 11. The molecule has 0 saturated carbocycles. The van der Waals surface area contributed by atoms with Gasteiger partial charge in [0.15, 0.2) is 5.78 Å². The Balaban J connectivity index is 1.42. The Morgan fingerprint density at radius 2 is 1.81 bits per heavy atom. The van der Waals surface area contributed by atoms with E-state index < -0.39 is 0 Å². The average molecular weight is 434 g/mol. The minimum Gasteiger partial charge on any atom is -0.494 e. The van der Waals surface area contributed by atoms with E-state index in [-0.39, 0.29) is 37.0 Å². The molecular formula is C24H26N4O4. The van der Waals surface area contributed by atoms with Crippen molar-refractivity contribution in [2.24, 2.45) is 0 Å². The molecule has 32 heavy (non-hydrogen) atoms. The Morgan fingerprint density at radius 1 is 1.00 bits per heavy atom. The molecular weight excluding hydrogens is 408 g/mol. The fourth-order valence-corrected chi connectivity index (χ4v) is 3.06. The Hall–Kier alpha value is -3.94. The Labute approximate surface area is 186 Å². The van der Waals surface area contributed by atoms with Crippen LogP contribution in [0.15, 0.2) is 67.0 Å². The van der Waals surface area contributed by atoms with Crippen molar-refractivity contribution >= 4 is 23.3 Å². The van der Waals surface area contributed by atoms with Crippen LogP contribution in [0.4, 0.5) is 5.69 Å². The number of ketones is 1. The average Bonchev–Trinajstić information content (AvgIpc) is 3.30. The minimum absolute atomic E-state index is 0.0925. The van der Waals surface area contributed by atoms with E-state index in [9.17, 15) is 14.4 Å². The predicted molar refractivity (Wildman–Crippen MR) is 120 cm³/mol. The van der Waals surface area contributed by atoms with Crippen molar-refractivity contribution in [2.75, 3.05) is 11.9 Å². The fraction of sp³-hybridized carbons (Fsp3) is 0.250. The summed E-state index contributed by atoms with van der Waals surface area (Å²) in [6.45, 7) is 2.89. The number of ether oxygens (including phenoxy) is 1. The van der Waals surface area contributed by atoms with Gasteiger partial charge in [0, 0.05) is 43.0 Å². The lowest BCUT2D eigenvalue weighted by molar-refractivity contribution is -0.121. The van der Waals surface area contributed by atoms with E-state index in [4.69, 9.17) is 4.74 Å². The highest BCUT2D eigenvalue weighted by atomic mass is 16.5. The summed E-state index contributed by atoms with van der Waals surface area (Å²) in [4.78, 5) is 36.5. The molecule has 8 nitrogen and oxygen atoms in total. The van der Waals surface area contributed by atoms with Crippen molar-refractivity contribution < 1.29 is 19.1 Å². The van der Waals surface area contributed by atoms with Gasteiger partial charge in [0.1, 0.15) is 12.3 Å². The number of hydrogen-bond donors (Lipinski definition) is 2. The summed E-state index contributed by atoms with van der Waals surface area (Å²) in [6.07, 6.45) is 3.56. The molecule has 0 aliphatic heterocycles. The normalized spacial score (nSPS) is 10.4. The summed E-state index contributed by atoms with van der Waals surface area (Å²) in [5, 5.41) is 9.63. The van der Waals surface area contributed by atoms with Crippen molar-refractivity contribution in [2.45, 2.75) is 32.9 Å². The quantitative estimate of drug-likeness (QED) is 0.451. The van der Waals surface area contributed by atoms with Gasteiger partial charge in [-0.25, -0.2) is 0 Å². The third kappa shape index (κ3) is 7.09. The molecule has 0 fully saturated rings. The van der Waals surface area contributed by atoms with Crippen molar-refractivity contribution in [1.29, 1.82) is 0 Å². The molecule has 8 heteroatoms. The number of nitrogens with one attached hydrogen (secondary N) is 2. The van der Waals surface area contributed by atoms with E-state index in [0.717, 1.165) is 5.56 Å². The van der Waals surface area contributed by atoms with Gasteiger partial charge in [0.05, 0.1) is 6.61 Å². The number of aromatic nitrogens is 2. The minimum atomic E-state index is -0.211. The van der Waals surface area contributed by atoms with Gasteiger partial charge < -0.3 is 15.4 Å². The maximum absolute atomic E-state index is 12.3. The number of Topliss-reactive ketones (excluding diaryl/α,β-unsaturated/α-hetero) is 1. The summed E-state index contributed by atoms with van der Waals surface area (Å²) in [5.41, 5.74) is 2.03. The van der Waals surface area contributed by atoms with Crippen molar-refractivity contribution in [3.05, 3.63) is 78.1 Å². The highest BCUT2D eigenvalue weighted by molar-refractivity contribution is 5.98. The molecule has 0 radical (unpaired) electrons. The molecule has 3 rings (SSSR count). The van der Waals surface area contributed by atoms with Crippen LogP contribution in [0.3, 0.4) is 0 Å². The van der Waals surface area contributed by atoms with Crippen LogP contribution in [0.2, 0.25) is 0 Å². The second-order valence-corrected chi connectivity index (χ2v) is 7.11. The van der Waals surface area contributed by atoms with Gasteiger partial charge in [0.25, 0.3) is 0 Å². The van der Waals surface area contributed by atoms with E-state index in [0.29, 0.717) is 30.2 Å². The lowest BCUT2D eigenvalue weighted by atomic mass is 10.1. The molecule has 0 atom stereocenters. The van der Waals surface area contributed by atoms with Gasteiger partial charge in [0.2, 0.25) is 11.8 Å². The SMILES string of the molecule is CCOc1ccc(C(=O)CCC(=O)NCc2cccc(NC(=O)Cn3cccn3)c2)cc1. The van der Waals surface area contributed by atoms with Crippen LogP contribution in [0.25, 0.3) is 0 Å². The van der Waals surface area contributed by atoms with Crippen molar-refractivity contribution in [3.8, 4) is 5.75 Å². The molecule has 2 amide bonds. The lowest BCUT2D eigenvalue weighted by Crippen LogP contribution is -2.23. The van der Waals surface area contributed by atoms with Crippen molar-refractivity contribution in [3.63, 3.8) is 0 Å². The van der Waals surface area contributed by atoms with Gasteiger partial charge >= 0.3 is 0 Å². The van der Waals surface area contributed by atoms with Crippen LogP contribution >= 0.6 is 0 Å². The molecule has 0 unspecified atom stereocenters. The zero-order valence-electron chi connectivity index (χ0n) is 17.9. The number of carbonyl (C=O) groups is 3. The Morgan fingerprint density at radius 3 is 2.53 bits per heavy atom. The summed E-state index contributed by atoms with van der Waals surface area (Å²) >= 11 is 0. The summed E-state index contributed by atoms with van der Waals surface area (Å²) in [5.74, 6) is 0.215. The number of hydrogen-bond acceptors (Lipinski definition) is 5. The maximum Gasteiger partial charge on any atom is 0.246 e. The van der Waals surface area contributed by atoms with E-state index in [1.165, 1.54) is 4.68 Å². The van der Waals surface area contributed by atoms with E-state index in [1.807, 2.05) is 13.0 Å². The first-order valence-corrected chi connectivity index (χ1v) is 10.4. The highest BCUT2D eigenvalue weighted by Crippen LogP contribution is 2.14. The number of anilines is 1. The number of benzene rings is 2. The molecule has 1 heterocycles. The Bertz CT molecular complexity index is 1050. The van der Waals surface area contributed by atoms with Crippen LogP contribution < -0.4 is 15.4 Å². The Kier molecular flexibility index (Phi) is 8.14. The van der Waals surface area contributed by atoms with Gasteiger partial charge in [-0.1, -0.05) is 12.1 Å². The number of amides is 2. The van der Waals surface area contributed by atoms with E-state index in [1.54, 1.807) is 60.9 Å². The monoisotopic (exact) mass is 434 g/mol. The second kappa shape index (κ2) is 11.5. The second-order valence-electron chi connectivity index (χ2n) is 7.11. The third-order valence-electron chi connectivity index (χ3n) is 4.63. The highest BCUT2D eigenvalue weighted by Gasteiger charge is 2.10. The molecule has 0 aliphatic rings. The molecule has 2 aromatic carbocycles. The molecule has 1 aromatic heterocycles. The topological polar surface area (TPSA) is 102 Å². The first-order chi connectivity index (χ1) is 15.5. The number of nitrogens with zero attached hydrogens (tertiary/aromatic N) is 2. The summed E-state index contributed by atoms with van der Waals surface area (Å²) in [7, 11) is 0. The van der Waals surface area contributed by atoms with Crippen LogP contribution in [0, 0.1) is 0 Å². The van der Waals surface area contributed by atoms with Gasteiger partial charge in [-0.3, -0.25) is 19.1 Å². The first-order valence-electron chi connectivity index (χ1n) is 10.4. The first kappa shape index (κ1) is 22.7. The zero-order chi connectivity index (χ0) is 22.8. The van der Waals surface area contributed by atoms with E-state index in [2.05, 4.69) is 15.7 Å². The largest absolute Gasteiger partial charge is 0.494 e. The van der Waals surface area contributed by atoms with Crippen LogP contribution in [-0.2, 0) is 22.7 Å². The van der Waals surface area contributed by atoms with Gasteiger partial charge in [-0.05, 0) is 55.0 Å². The molecule has 0 aliphatic carbocycles. The number of carbonyl (C=O) groups excluding carboxylic acids is 3. The van der Waals surface area contributed by atoms with E-state index >= 15 is 0 Å². The maximum atomic E-state index is 12.3. The van der Waals surface area contributed by atoms with Crippen LogP contribution in [0.1, 0.15) is 35.7 Å². The molecule has 2 N–H and O–H groups in total. The summed E-state index contributed by atoms with van der Waals surface area (Å²) < 4.78 is 6.90. The standard InChI is InChI=1S/C24H26N4O4/c1-2-32-21-9-7-19(8-10-21)22(29)11-12-23(30)25-16-18-5-3-6-20(15-18)27-24(31)17-28-14-4-13-26-28/h3-10,13-15H,2,11-12,16-17H2,1H3,(H,25,30)(H,27,31). The fourth-order valence-electron chi connectivity index (χ4n) is 3.06. The molecule has 0 spiro atoms. The van der Waals surface area contributed by atoms with Gasteiger partial charge in [-0.15, -0.1) is 0 Å². The van der Waals surface area contributed by atoms with Crippen LogP contribution in [0.5, 0.6) is 5.75 Å². The molecule has 166 valence electrons. The smallest absolute Gasteiger partial charge is 0.246 e.